The van der Waals surface area contributed by atoms with Crippen LogP contribution in [0.25, 0.3) is 0 Å². The van der Waals surface area contributed by atoms with E-state index in [1.54, 1.807) is 0 Å². The second-order valence-electron chi connectivity index (χ2n) is 5.83. The molecule has 1 saturated heterocycles. The van der Waals surface area contributed by atoms with Crippen LogP contribution in [0.1, 0.15) is 50.3 Å². The van der Waals surface area contributed by atoms with Crippen LogP contribution in [0.15, 0.2) is 24.3 Å². The number of nitrogens with two attached hydrogens (primary N) is 1. The molecule has 0 aliphatic carbocycles. The lowest BCUT2D eigenvalue weighted by molar-refractivity contribution is 0.0412. The molecule has 3 N–H and O–H groups in total. The molecule has 1 heterocycles. The number of β-amino-alcohol motifs (C(OH)–C–C–N with tert-alkyl or cyclic N) is 1. The fraction of sp³-hybridized carbons (Fsp3) is 0.562. The Hall–Kier alpha value is -0.970. The zero-order valence-corrected chi connectivity index (χ0v) is 13.1. The number of likely N-dealkylation sites (tertiary alicyclic amines) is 1. The summed E-state index contributed by atoms with van der Waals surface area (Å²) in [6.45, 7) is 5.19. The van der Waals surface area contributed by atoms with Gasteiger partial charge in [-0.05, 0) is 32.3 Å². The van der Waals surface area contributed by atoms with Crippen molar-refractivity contribution in [2.75, 3.05) is 6.54 Å². The van der Waals surface area contributed by atoms with E-state index in [9.17, 15) is 5.11 Å². The van der Waals surface area contributed by atoms with E-state index in [0.29, 0.717) is 23.6 Å². The maximum Gasteiger partial charge on any atom is 0.103 e. The summed E-state index contributed by atoms with van der Waals surface area (Å²) >= 11 is 4.94. The predicted molar refractivity (Wildman–Crippen MR) is 86.8 cm³/mol. The van der Waals surface area contributed by atoms with Crippen LogP contribution in [0.5, 0.6) is 0 Å². The van der Waals surface area contributed by atoms with Crippen molar-refractivity contribution in [2.45, 2.75) is 51.3 Å². The third-order valence-electron chi connectivity index (χ3n) is 4.34. The monoisotopic (exact) mass is 292 g/mol. The number of thiocarbonyl (C=S) groups is 1. The summed E-state index contributed by atoms with van der Waals surface area (Å²) in [5.41, 5.74) is 7.36. The number of aliphatic hydroxyl groups is 1. The van der Waals surface area contributed by atoms with Gasteiger partial charge in [0.15, 0.2) is 0 Å². The quantitative estimate of drug-likeness (QED) is 0.838. The van der Waals surface area contributed by atoms with Crippen LogP contribution >= 0.6 is 12.2 Å². The van der Waals surface area contributed by atoms with Crippen molar-refractivity contribution in [1.29, 1.82) is 0 Å². The van der Waals surface area contributed by atoms with Crippen molar-refractivity contribution in [3.8, 4) is 0 Å². The zero-order chi connectivity index (χ0) is 14.7. The highest BCUT2D eigenvalue weighted by Gasteiger charge is 2.26. The second-order valence-corrected chi connectivity index (χ2v) is 6.27. The van der Waals surface area contributed by atoms with Gasteiger partial charge in [0.25, 0.3) is 0 Å². The summed E-state index contributed by atoms with van der Waals surface area (Å²) in [5, 5.41) is 10.4. The number of benzene rings is 1. The summed E-state index contributed by atoms with van der Waals surface area (Å²) in [4.78, 5) is 2.81. The van der Waals surface area contributed by atoms with Gasteiger partial charge in [-0.25, -0.2) is 0 Å². The van der Waals surface area contributed by atoms with Crippen molar-refractivity contribution in [2.24, 2.45) is 5.73 Å². The molecule has 0 aromatic heterocycles. The van der Waals surface area contributed by atoms with E-state index in [2.05, 4.69) is 18.7 Å². The van der Waals surface area contributed by atoms with Crippen molar-refractivity contribution < 1.29 is 5.11 Å². The number of piperidine rings is 1. The van der Waals surface area contributed by atoms with Gasteiger partial charge < -0.3 is 10.8 Å². The van der Waals surface area contributed by atoms with Crippen LogP contribution in [-0.2, 0) is 0 Å². The molecule has 0 bridgehead atoms. The van der Waals surface area contributed by atoms with E-state index >= 15 is 0 Å². The number of nitrogens with zero attached hydrogens (tertiary/aromatic N) is 1. The first kappa shape index (κ1) is 15.4. The Bertz CT molecular complexity index is 450. The Labute approximate surface area is 126 Å². The van der Waals surface area contributed by atoms with Crippen molar-refractivity contribution in [3.05, 3.63) is 35.4 Å². The van der Waals surface area contributed by atoms with E-state index in [4.69, 9.17) is 18.0 Å². The summed E-state index contributed by atoms with van der Waals surface area (Å²) in [6, 6.07) is 8.68. The third-order valence-corrected chi connectivity index (χ3v) is 4.58. The highest BCUT2D eigenvalue weighted by Crippen LogP contribution is 2.25. The standard InChI is InChI=1S/C16H24N2OS/c1-11-4-3-5-12(2)18(11)10-15(19)13-6-8-14(9-7-13)16(17)20/h6-9,11-12,15,19H,3-5,10H2,1-2H3,(H2,17,20)/t11-,12+,15?. The SMILES string of the molecule is C[C@@H]1CCC[C@H](C)N1CC(O)c1ccc(C(N)=S)cc1. The summed E-state index contributed by atoms with van der Waals surface area (Å²) in [5.74, 6) is 0. The van der Waals surface area contributed by atoms with E-state index in [1.165, 1.54) is 19.3 Å². The molecule has 0 saturated carbocycles. The van der Waals surface area contributed by atoms with Crippen LogP contribution < -0.4 is 5.73 Å². The Morgan fingerprint density at radius 3 is 2.35 bits per heavy atom. The summed E-state index contributed by atoms with van der Waals surface area (Å²) in [6.07, 6.45) is 3.27. The van der Waals surface area contributed by atoms with Gasteiger partial charge in [0, 0.05) is 24.2 Å². The van der Waals surface area contributed by atoms with Gasteiger partial charge in [-0.15, -0.1) is 0 Å². The van der Waals surface area contributed by atoms with Gasteiger partial charge >= 0.3 is 0 Å². The van der Waals surface area contributed by atoms with Gasteiger partial charge in [-0.2, -0.15) is 0 Å². The molecule has 1 aromatic carbocycles. The molecular weight excluding hydrogens is 268 g/mol. The van der Waals surface area contributed by atoms with Crippen LogP contribution in [0.3, 0.4) is 0 Å². The van der Waals surface area contributed by atoms with Gasteiger partial charge in [0.05, 0.1) is 6.10 Å². The van der Waals surface area contributed by atoms with E-state index in [1.807, 2.05) is 24.3 Å². The summed E-state index contributed by atoms with van der Waals surface area (Å²) in [7, 11) is 0. The molecule has 1 aromatic rings. The molecule has 1 unspecified atom stereocenters. The minimum atomic E-state index is -0.460. The highest BCUT2D eigenvalue weighted by atomic mass is 32.1. The van der Waals surface area contributed by atoms with Crippen LogP contribution in [0.4, 0.5) is 0 Å². The normalized spacial score (nSPS) is 25.4. The zero-order valence-electron chi connectivity index (χ0n) is 12.2. The predicted octanol–water partition coefficient (Wildman–Crippen LogP) is 2.62. The van der Waals surface area contributed by atoms with Crippen LogP contribution in [-0.4, -0.2) is 33.6 Å². The Balaban J connectivity index is 2.03. The molecule has 1 fully saturated rings. The summed E-state index contributed by atoms with van der Waals surface area (Å²) < 4.78 is 0. The molecule has 0 spiro atoms. The maximum absolute atomic E-state index is 10.4. The first-order chi connectivity index (χ1) is 9.49. The van der Waals surface area contributed by atoms with Gasteiger partial charge in [0.1, 0.15) is 4.99 Å². The van der Waals surface area contributed by atoms with Gasteiger partial charge in [0.2, 0.25) is 0 Å². The molecule has 110 valence electrons. The molecule has 1 aliphatic rings. The lowest BCUT2D eigenvalue weighted by Crippen LogP contribution is -2.45. The fourth-order valence-corrected chi connectivity index (χ4v) is 3.15. The molecular formula is C16H24N2OS. The second kappa shape index (κ2) is 6.66. The van der Waals surface area contributed by atoms with E-state index < -0.39 is 6.10 Å². The molecule has 3 nitrogen and oxygen atoms in total. The first-order valence-electron chi connectivity index (χ1n) is 7.32. The minimum absolute atomic E-state index is 0.393. The van der Waals surface area contributed by atoms with Crippen molar-refractivity contribution >= 4 is 17.2 Å². The van der Waals surface area contributed by atoms with Crippen LogP contribution in [0, 0.1) is 0 Å². The molecule has 20 heavy (non-hydrogen) atoms. The molecule has 3 atom stereocenters. The van der Waals surface area contributed by atoms with Gasteiger partial charge in [-0.3, -0.25) is 4.90 Å². The maximum atomic E-state index is 10.4. The largest absolute Gasteiger partial charge is 0.389 e. The minimum Gasteiger partial charge on any atom is -0.389 e. The number of rotatable bonds is 4. The average molecular weight is 292 g/mol. The lowest BCUT2D eigenvalue weighted by Gasteiger charge is -2.40. The fourth-order valence-electron chi connectivity index (χ4n) is 3.01. The van der Waals surface area contributed by atoms with Crippen LogP contribution in [0.2, 0.25) is 0 Å². The highest BCUT2D eigenvalue weighted by molar-refractivity contribution is 7.80. The third kappa shape index (κ3) is 3.57. The smallest absolute Gasteiger partial charge is 0.103 e. The molecule has 0 radical (unpaired) electrons. The lowest BCUT2D eigenvalue weighted by atomic mass is 9.96. The Morgan fingerprint density at radius 1 is 1.30 bits per heavy atom. The number of aliphatic hydroxyl groups excluding tert-OH is 1. The van der Waals surface area contributed by atoms with E-state index in [-0.39, 0.29) is 0 Å². The molecule has 0 amide bonds. The van der Waals surface area contributed by atoms with Gasteiger partial charge in [-0.1, -0.05) is 42.9 Å². The van der Waals surface area contributed by atoms with E-state index in [0.717, 1.165) is 11.1 Å². The molecule has 4 heteroatoms. The molecule has 1 aliphatic heterocycles. The average Bonchev–Trinajstić information content (AvgIpc) is 2.43. The first-order valence-corrected chi connectivity index (χ1v) is 7.73. The Kier molecular flexibility index (Phi) is 5.13. The number of hydrogen-bond acceptors (Lipinski definition) is 3. The Morgan fingerprint density at radius 2 is 1.85 bits per heavy atom. The number of hydrogen-bond donors (Lipinski definition) is 2. The van der Waals surface area contributed by atoms with Crippen molar-refractivity contribution in [3.63, 3.8) is 0 Å². The molecule has 2 rings (SSSR count). The topological polar surface area (TPSA) is 49.5 Å². The van der Waals surface area contributed by atoms with Crippen molar-refractivity contribution in [1.82, 2.24) is 4.90 Å².